The Balaban J connectivity index is 2.34. The van der Waals surface area contributed by atoms with Crippen molar-refractivity contribution in [3.8, 4) is 5.75 Å². The molecule has 0 radical (unpaired) electrons. The van der Waals surface area contributed by atoms with E-state index in [4.69, 9.17) is 4.74 Å². The summed E-state index contributed by atoms with van der Waals surface area (Å²) in [5, 5.41) is 0. The summed E-state index contributed by atoms with van der Waals surface area (Å²) in [6, 6.07) is 11.3. The quantitative estimate of drug-likeness (QED) is 0.696. The summed E-state index contributed by atoms with van der Waals surface area (Å²) < 4.78 is 34.4. The van der Waals surface area contributed by atoms with Gasteiger partial charge in [0.05, 0.1) is 12.0 Å². The summed E-state index contributed by atoms with van der Waals surface area (Å²) in [6.07, 6.45) is 0. The minimum absolute atomic E-state index is 0.0642. The Labute approximate surface area is 170 Å². The number of benzene rings is 2. The van der Waals surface area contributed by atoms with E-state index in [9.17, 15) is 8.42 Å². The first-order chi connectivity index (χ1) is 12.9. The lowest BCUT2D eigenvalue weighted by atomic mass is 9.86. The third-order valence-electron chi connectivity index (χ3n) is 5.05. The van der Waals surface area contributed by atoms with Crippen molar-refractivity contribution < 1.29 is 13.2 Å². The summed E-state index contributed by atoms with van der Waals surface area (Å²) in [6.45, 7) is 14.2. The van der Waals surface area contributed by atoms with Crippen molar-refractivity contribution in [1.82, 2.24) is 4.72 Å². The topological polar surface area (TPSA) is 55.4 Å². The van der Waals surface area contributed by atoms with Gasteiger partial charge < -0.3 is 4.74 Å². The summed E-state index contributed by atoms with van der Waals surface area (Å²) in [5.74, 6) is 0.879. The Morgan fingerprint density at radius 3 is 2.04 bits per heavy atom. The van der Waals surface area contributed by atoms with Gasteiger partial charge in [0.15, 0.2) is 0 Å². The fourth-order valence-electron chi connectivity index (χ4n) is 3.23. The molecule has 0 aliphatic carbocycles. The van der Waals surface area contributed by atoms with Gasteiger partial charge in [-0.2, -0.15) is 0 Å². The smallest absolute Gasteiger partial charge is 0.241 e. The molecule has 154 valence electrons. The van der Waals surface area contributed by atoms with E-state index < -0.39 is 10.0 Å². The van der Waals surface area contributed by atoms with Gasteiger partial charge in [0.1, 0.15) is 5.75 Å². The van der Waals surface area contributed by atoms with Gasteiger partial charge in [-0.3, -0.25) is 0 Å². The molecular weight excluding hydrogens is 370 g/mol. The lowest BCUT2D eigenvalue weighted by Gasteiger charge is -2.21. The molecule has 5 heteroatoms. The molecule has 2 aromatic carbocycles. The molecule has 4 nitrogen and oxygen atoms in total. The number of methoxy groups -OCH3 is 1. The van der Waals surface area contributed by atoms with Crippen LogP contribution in [0.15, 0.2) is 41.3 Å². The third kappa shape index (κ3) is 4.95. The second-order valence-electron chi connectivity index (χ2n) is 8.73. The molecule has 0 saturated heterocycles. The summed E-state index contributed by atoms with van der Waals surface area (Å²) >= 11 is 0. The van der Waals surface area contributed by atoms with Crippen molar-refractivity contribution in [2.24, 2.45) is 0 Å². The van der Waals surface area contributed by atoms with Crippen molar-refractivity contribution in [3.05, 3.63) is 58.7 Å². The molecule has 0 amide bonds. The second-order valence-corrected chi connectivity index (χ2v) is 10.4. The van der Waals surface area contributed by atoms with Crippen LogP contribution in [0.1, 0.15) is 75.8 Å². The molecule has 2 aromatic rings. The average molecular weight is 404 g/mol. The van der Waals surface area contributed by atoms with Gasteiger partial charge in [-0.1, -0.05) is 58.9 Å². The normalized spacial score (nSPS) is 13.6. The molecule has 0 aliphatic rings. The van der Waals surface area contributed by atoms with Crippen LogP contribution in [0.25, 0.3) is 0 Å². The third-order valence-corrected chi connectivity index (χ3v) is 6.73. The molecule has 0 saturated carbocycles. The fourth-order valence-corrected chi connectivity index (χ4v) is 4.72. The number of hydrogen-bond acceptors (Lipinski definition) is 3. The molecule has 28 heavy (non-hydrogen) atoms. The zero-order valence-electron chi connectivity index (χ0n) is 18.3. The van der Waals surface area contributed by atoms with Crippen LogP contribution in [0, 0.1) is 6.92 Å². The van der Waals surface area contributed by atoms with Gasteiger partial charge in [0.2, 0.25) is 10.0 Å². The summed E-state index contributed by atoms with van der Waals surface area (Å²) in [4.78, 5) is 0.301. The first-order valence-electron chi connectivity index (χ1n) is 9.68. The molecule has 2 rings (SSSR count). The Hall–Kier alpha value is -1.85. The van der Waals surface area contributed by atoms with E-state index in [1.54, 1.807) is 26.2 Å². The predicted molar refractivity (Wildman–Crippen MR) is 116 cm³/mol. The van der Waals surface area contributed by atoms with E-state index in [0.717, 1.165) is 16.9 Å². The lowest BCUT2D eigenvalue weighted by molar-refractivity contribution is 0.406. The molecule has 1 N–H and O–H groups in total. The number of nitrogens with one attached hydrogen (secondary N) is 1. The SMILES string of the molecule is COc1cc(C)c(S(=O)(=O)NC(C)c2ccc(C(C)(C)C)cc2)cc1C(C)C. The maximum absolute atomic E-state index is 13.1. The first-order valence-corrected chi connectivity index (χ1v) is 11.2. The minimum atomic E-state index is -3.66. The molecule has 0 aromatic heterocycles. The van der Waals surface area contributed by atoms with Crippen LogP contribution in [0.3, 0.4) is 0 Å². The van der Waals surface area contributed by atoms with Gasteiger partial charge in [-0.05, 0) is 59.6 Å². The molecule has 0 bridgehead atoms. The summed E-state index contributed by atoms with van der Waals surface area (Å²) in [5.41, 5.74) is 3.78. The highest BCUT2D eigenvalue weighted by Gasteiger charge is 2.23. The maximum atomic E-state index is 13.1. The van der Waals surface area contributed by atoms with Gasteiger partial charge in [-0.25, -0.2) is 13.1 Å². The molecule has 1 unspecified atom stereocenters. The number of aryl methyl sites for hydroxylation is 1. The van der Waals surface area contributed by atoms with E-state index in [0.29, 0.717) is 10.5 Å². The number of rotatable bonds is 6. The standard InChI is InChI=1S/C23H33NO3S/c1-15(2)20-14-22(16(3)13-21(20)27-8)28(25,26)24-17(4)18-9-11-19(12-10-18)23(5,6)7/h9-15,17,24H,1-8H3. The van der Waals surface area contributed by atoms with Gasteiger partial charge in [0, 0.05) is 6.04 Å². The summed E-state index contributed by atoms with van der Waals surface area (Å²) in [7, 11) is -2.06. The van der Waals surface area contributed by atoms with Crippen molar-refractivity contribution in [3.63, 3.8) is 0 Å². The number of sulfonamides is 1. The molecule has 0 fully saturated rings. The maximum Gasteiger partial charge on any atom is 0.241 e. The Kier molecular flexibility index (Phi) is 6.62. The van der Waals surface area contributed by atoms with Crippen LogP contribution in [0.4, 0.5) is 0 Å². The predicted octanol–water partition coefficient (Wildman–Crippen LogP) is 5.46. The Bertz CT molecular complexity index is 924. The monoisotopic (exact) mass is 403 g/mol. The van der Waals surface area contributed by atoms with Crippen LogP contribution < -0.4 is 9.46 Å². The molecule has 0 aliphatic heterocycles. The molecular formula is C23H33NO3S. The number of hydrogen-bond donors (Lipinski definition) is 1. The van der Waals surface area contributed by atoms with Gasteiger partial charge in [-0.15, -0.1) is 0 Å². The highest BCUT2D eigenvalue weighted by Crippen LogP contribution is 2.32. The van der Waals surface area contributed by atoms with E-state index in [1.807, 2.05) is 32.9 Å². The highest BCUT2D eigenvalue weighted by atomic mass is 32.2. The van der Waals surface area contributed by atoms with Crippen molar-refractivity contribution in [2.75, 3.05) is 7.11 Å². The fraction of sp³-hybridized carbons (Fsp3) is 0.478. The van der Waals surface area contributed by atoms with Gasteiger partial charge >= 0.3 is 0 Å². The zero-order valence-corrected chi connectivity index (χ0v) is 19.1. The van der Waals surface area contributed by atoms with Crippen LogP contribution in [0.2, 0.25) is 0 Å². The van der Waals surface area contributed by atoms with Crippen LogP contribution in [-0.4, -0.2) is 15.5 Å². The molecule has 0 spiro atoms. The second kappa shape index (κ2) is 8.26. The van der Waals surface area contributed by atoms with E-state index in [1.165, 1.54) is 5.56 Å². The zero-order chi connectivity index (χ0) is 21.3. The van der Waals surface area contributed by atoms with Crippen LogP contribution in [-0.2, 0) is 15.4 Å². The Morgan fingerprint density at radius 1 is 1.00 bits per heavy atom. The Morgan fingerprint density at radius 2 is 1.57 bits per heavy atom. The number of ether oxygens (including phenoxy) is 1. The molecule has 0 heterocycles. The van der Waals surface area contributed by atoms with E-state index >= 15 is 0 Å². The van der Waals surface area contributed by atoms with Crippen molar-refractivity contribution in [2.45, 2.75) is 70.7 Å². The van der Waals surface area contributed by atoms with Crippen LogP contribution >= 0.6 is 0 Å². The van der Waals surface area contributed by atoms with Gasteiger partial charge in [0.25, 0.3) is 0 Å². The van der Waals surface area contributed by atoms with E-state index in [-0.39, 0.29) is 17.4 Å². The van der Waals surface area contributed by atoms with Crippen LogP contribution in [0.5, 0.6) is 5.75 Å². The highest BCUT2D eigenvalue weighted by molar-refractivity contribution is 7.89. The lowest BCUT2D eigenvalue weighted by Crippen LogP contribution is -2.27. The van der Waals surface area contributed by atoms with E-state index in [2.05, 4.69) is 37.6 Å². The van der Waals surface area contributed by atoms with Crippen molar-refractivity contribution >= 4 is 10.0 Å². The van der Waals surface area contributed by atoms with Crippen molar-refractivity contribution in [1.29, 1.82) is 0 Å². The minimum Gasteiger partial charge on any atom is -0.496 e. The first kappa shape index (κ1) is 22.4. The average Bonchev–Trinajstić information content (AvgIpc) is 2.59. The largest absolute Gasteiger partial charge is 0.496 e. The molecule has 1 atom stereocenters.